The van der Waals surface area contributed by atoms with Crippen molar-refractivity contribution in [2.45, 2.75) is 45.7 Å². The molecule has 1 N–H and O–H groups in total. The summed E-state index contributed by atoms with van der Waals surface area (Å²) in [5.74, 6) is -0.396. The van der Waals surface area contributed by atoms with Crippen molar-refractivity contribution in [2.75, 3.05) is 14.2 Å². The van der Waals surface area contributed by atoms with Gasteiger partial charge >= 0.3 is 12.0 Å². The molecule has 0 aromatic heterocycles. The van der Waals surface area contributed by atoms with E-state index < -0.39 is 12.0 Å². The van der Waals surface area contributed by atoms with Crippen molar-refractivity contribution in [3.8, 4) is 0 Å². The van der Waals surface area contributed by atoms with Crippen molar-refractivity contribution in [1.82, 2.24) is 10.2 Å². The fourth-order valence-corrected chi connectivity index (χ4v) is 1.17. The summed E-state index contributed by atoms with van der Waals surface area (Å²) in [6.45, 7) is 5.77. The van der Waals surface area contributed by atoms with Crippen LogP contribution in [-0.2, 0) is 9.53 Å². The van der Waals surface area contributed by atoms with Crippen molar-refractivity contribution in [3.63, 3.8) is 0 Å². The maximum absolute atomic E-state index is 11.7. The normalized spacial score (nSPS) is 12.1. The highest BCUT2D eigenvalue weighted by atomic mass is 16.5. The number of carbonyl (C=O) groups is 2. The second kappa shape index (κ2) is 7.09. The van der Waals surface area contributed by atoms with E-state index >= 15 is 0 Å². The van der Waals surface area contributed by atoms with Crippen LogP contribution >= 0.6 is 0 Å². The Hall–Kier alpha value is -1.26. The summed E-state index contributed by atoms with van der Waals surface area (Å²) in [6.07, 6.45) is 1.40. The Morgan fingerprint density at radius 3 is 2.31 bits per heavy atom. The lowest BCUT2D eigenvalue weighted by atomic mass is 10.2. The molecule has 1 atom stereocenters. The molecule has 0 unspecified atom stereocenters. The quantitative estimate of drug-likeness (QED) is 0.726. The van der Waals surface area contributed by atoms with Crippen molar-refractivity contribution in [3.05, 3.63) is 0 Å². The zero-order chi connectivity index (χ0) is 12.7. The summed E-state index contributed by atoms with van der Waals surface area (Å²) in [5, 5.41) is 2.66. The fourth-order valence-electron chi connectivity index (χ4n) is 1.17. The van der Waals surface area contributed by atoms with E-state index in [4.69, 9.17) is 0 Å². The van der Waals surface area contributed by atoms with E-state index in [0.29, 0.717) is 6.42 Å². The van der Waals surface area contributed by atoms with Crippen LogP contribution in [0, 0.1) is 0 Å². The number of ether oxygens (including phenoxy) is 1. The summed E-state index contributed by atoms with van der Waals surface area (Å²) >= 11 is 0. The Balaban J connectivity index is 4.39. The summed E-state index contributed by atoms with van der Waals surface area (Å²) in [6, 6.07) is -0.706. The van der Waals surface area contributed by atoms with Gasteiger partial charge in [-0.1, -0.05) is 13.3 Å². The topological polar surface area (TPSA) is 58.6 Å². The van der Waals surface area contributed by atoms with Gasteiger partial charge in [-0.15, -0.1) is 0 Å². The molecule has 0 saturated carbocycles. The standard InChI is InChI=1S/C11H22N2O3/c1-6-7-9(10(14)16-5)12-11(15)13(4)8(2)3/h8-9H,6-7H2,1-5H3,(H,12,15)/t9-/m0/s1. The van der Waals surface area contributed by atoms with Crippen molar-refractivity contribution in [2.24, 2.45) is 0 Å². The number of methoxy groups -OCH3 is 1. The highest BCUT2D eigenvalue weighted by Gasteiger charge is 2.22. The van der Waals surface area contributed by atoms with Gasteiger partial charge in [0.25, 0.3) is 0 Å². The number of amides is 2. The molecule has 0 bridgehead atoms. The SMILES string of the molecule is CCC[C@H](NC(=O)N(C)C(C)C)C(=O)OC. The molecule has 5 heteroatoms. The van der Waals surface area contributed by atoms with Crippen LogP contribution in [0.4, 0.5) is 4.79 Å². The van der Waals surface area contributed by atoms with E-state index in [-0.39, 0.29) is 12.1 Å². The van der Waals surface area contributed by atoms with Crippen LogP contribution in [-0.4, -0.2) is 43.1 Å². The number of nitrogens with zero attached hydrogens (tertiary/aromatic N) is 1. The van der Waals surface area contributed by atoms with Gasteiger partial charge in [0.15, 0.2) is 0 Å². The van der Waals surface area contributed by atoms with Crippen LogP contribution in [0.1, 0.15) is 33.6 Å². The summed E-state index contributed by atoms with van der Waals surface area (Å²) in [5.41, 5.74) is 0. The molecule has 2 amide bonds. The fraction of sp³-hybridized carbons (Fsp3) is 0.818. The van der Waals surface area contributed by atoms with Gasteiger partial charge in [-0.3, -0.25) is 0 Å². The summed E-state index contributed by atoms with van der Waals surface area (Å²) < 4.78 is 4.63. The van der Waals surface area contributed by atoms with Crippen LogP contribution in [0.25, 0.3) is 0 Å². The van der Waals surface area contributed by atoms with E-state index in [9.17, 15) is 9.59 Å². The van der Waals surface area contributed by atoms with E-state index in [1.165, 1.54) is 7.11 Å². The van der Waals surface area contributed by atoms with Crippen molar-refractivity contribution >= 4 is 12.0 Å². The first-order valence-electron chi connectivity index (χ1n) is 5.55. The van der Waals surface area contributed by atoms with Crippen molar-refractivity contribution in [1.29, 1.82) is 0 Å². The van der Waals surface area contributed by atoms with E-state index in [2.05, 4.69) is 10.1 Å². The molecular formula is C11H22N2O3. The van der Waals surface area contributed by atoms with Crippen LogP contribution in [0.5, 0.6) is 0 Å². The molecule has 0 aromatic carbocycles. The minimum absolute atomic E-state index is 0.0972. The van der Waals surface area contributed by atoms with Crippen molar-refractivity contribution < 1.29 is 14.3 Å². The molecule has 0 aliphatic rings. The molecule has 0 aliphatic carbocycles. The van der Waals surface area contributed by atoms with Gasteiger partial charge in [0.05, 0.1) is 7.11 Å². The van der Waals surface area contributed by atoms with E-state index in [1.807, 2.05) is 20.8 Å². The van der Waals surface area contributed by atoms with Crippen LogP contribution in [0.15, 0.2) is 0 Å². The molecule has 0 radical (unpaired) electrons. The second-order valence-corrected chi connectivity index (χ2v) is 4.02. The first kappa shape index (κ1) is 14.7. The minimum atomic E-state index is -0.552. The Bertz CT molecular complexity index is 241. The predicted molar refractivity (Wildman–Crippen MR) is 62.1 cm³/mol. The number of hydrogen-bond acceptors (Lipinski definition) is 3. The number of urea groups is 1. The Kier molecular flexibility index (Phi) is 6.53. The first-order chi connectivity index (χ1) is 7.43. The number of esters is 1. The third kappa shape index (κ3) is 4.51. The second-order valence-electron chi connectivity index (χ2n) is 4.02. The van der Waals surface area contributed by atoms with Gasteiger partial charge in [-0.2, -0.15) is 0 Å². The Labute approximate surface area is 97.1 Å². The molecule has 0 fully saturated rings. The molecule has 0 rings (SSSR count). The van der Waals surface area contributed by atoms with E-state index in [1.54, 1.807) is 11.9 Å². The minimum Gasteiger partial charge on any atom is -0.467 e. The molecule has 94 valence electrons. The molecule has 0 saturated heterocycles. The third-order valence-electron chi connectivity index (χ3n) is 2.46. The van der Waals surface area contributed by atoms with Gasteiger partial charge in [0.1, 0.15) is 6.04 Å². The first-order valence-corrected chi connectivity index (χ1v) is 5.55. The molecule has 0 aliphatic heterocycles. The maximum atomic E-state index is 11.7. The average Bonchev–Trinajstić information content (AvgIpc) is 2.25. The number of carbonyl (C=O) groups excluding carboxylic acids is 2. The largest absolute Gasteiger partial charge is 0.467 e. The van der Waals surface area contributed by atoms with E-state index in [0.717, 1.165) is 6.42 Å². The number of nitrogens with one attached hydrogen (secondary N) is 1. The molecule has 0 heterocycles. The average molecular weight is 230 g/mol. The van der Waals surface area contributed by atoms with Gasteiger partial charge in [-0.05, 0) is 20.3 Å². The summed E-state index contributed by atoms with van der Waals surface area (Å²) in [4.78, 5) is 24.6. The maximum Gasteiger partial charge on any atom is 0.328 e. The molecular weight excluding hydrogens is 208 g/mol. The molecule has 16 heavy (non-hydrogen) atoms. The lowest BCUT2D eigenvalue weighted by Crippen LogP contribution is -2.48. The Morgan fingerprint density at radius 1 is 1.38 bits per heavy atom. The molecule has 0 aromatic rings. The smallest absolute Gasteiger partial charge is 0.328 e. The lowest BCUT2D eigenvalue weighted by molar-refractivity contribution is -0.143. The zero-order valence-electron chi connectivity index (χ0n) is 10.7. The highest BCUT2D eigenvalue weighted by Crippen LogP contribution is 2.01. The van der Waals surface area contributed by atoms with Crippen LogP contribution in [0.2, 0.25) is 0 Å². The molecule has 5 nitrogen and oxygen atoms in total. The zero-order valence-corrected chi connectivity index (χ0v) is 10.7. The van der Waals surface area contributed by atoms with Gasteiger partial charge in [0, 0.05) is 13.1 Å². The Morgan fingerprint density at radius 2 is 1.94 bits per heavy atom. The van der Waals surface area contributed by atoms with Crippen LogP contribution < -0.4 is 5.32 Å². The lowest BCUT2D eigenvalue weighted by Gasteiger charge is -2.24. The highest BCUT2D eigenvalue weighted by molar-refractivity contribution is 5.83. The van der Waals surface area contributed by atoms with Gasteiger partial charge < -0.3 is 15.0 Å². The number of rotatable bonds is 5. The predicted octanol–water partition coefficient (Wildman–Crippen LogP) is 1.38. The van der Waals surface area contributed by atoms with Gasteiger partial charge in [0.2, 0.25) is 0 Å². The number of hydrogen-bond donors (Lipinski definition) is 1. The molecule has 0 spiro atoms. The summed E-state index contributed by atoms with van der Waals surface area (Å²) in [7, 11) is 3.02. The van der Waals surface area contributed by atoms with Crippen LogP contribution in [0.3, 0.4) is 0 Å². The third-order valence-corrected chi connectivity index (χ3v) is 2.46. The monoisotopic (exact) mass is 230 g/mol. The van der Waals surface area contributed by atoms with Gasteiger partial charge in [-0.25, -0.2) is 9.59 Å².